The number of ether oxygens (including phenoxy) is 4. The first-order chi connectivity index (χ1) is 64.0. The second-order valence-electron chi connectivity index (χ2n) is 34.3. The van der Waals surface area contributed by atoms with Gasteiger partial charge in [-0.3, -0.25) is 9.59 Å². The lowest BCUT2D eigenvalue weighted by atomic mass is 9.92. The predicted molar refractivity (Wildman–Crippen MR) is 535 cm³/mol. The number of likely N-dealkylation sites (N-methyl/N-ethyl adjacent to an activating group) is 4. The van der Waals surface area contributed by atoms with Gasteiger partial charge < -0.3 is 71.3 Å². The number of aromatic nitrogens is 8. The van der Waals surface area contributed by atoms with Crippen molar-refractivity contribution in [3.63, 3.8) is 0 Å². The van der Waals surface area contributed by atoms with E-state index in [9.17, 15) is 9.59 Å². The molecule has 34 heteroatoms. The molecule has 694 valence electrons. The monoisotopic (exact) mass is 1960 g/mol. The first-order valence-corrected chi connectivity index (χ1v) is 46.6. The average Bonchev–Trinajstić information content (AvgIpc) is 0.841. The predicted octanol–water partition coefficient (Wildman–Crippen LogP) is 21.8. The molecule has 2 atom stereocenters. The minimum atomic E-state index is -0.629. The summed E-state index contributed by atoms with van der Waals surface area (Å²) >= 11 is 51.4. The smallest absolute Gasteiger partial charge is 0.258 e. The van der Waals surface area contributed by atoms with Crippen LogP contribution < -0.4 is 41.9 Å². The van der Waals surface area contributed by atoms with E-state index in [0.29, 0.717) is 87.6 Å². The fourth-order valence-corrected chi connectivity index (χ4v) is 19.8. The molecule has 17 rings (SSSR count). The van der Waals surface area contributed by atoms with Crippen molar-refractivity contribution in [1.82, 2.24) is 69.3 Å². The Bertz CT molecular complexity index is 6630. The summed E-state index contributed by atoms with van der Waals surface area (Å²) in [4.78, 5) is 80.6. The highest BCUT2D eigenvalue weighted by molar-refractivity contribution is 6.40. The number of nitrogens with zero attached hydrogens (tertiary/aromatic N) is 16. The number of carbonyl (C=O) groups is 2. The van der Waals surface area contributed by atoms with Gasteiger partial charge in [0.2, 0.25) is 11.4 Å². The lowest BCUT2D eigenvalue weighted by Crippen LogP contribution is -2.28. The summed E-state index contributed by atoms with van der Waals surface area (Å²) in [6.45, 7) is 35.9. The molecule has 0 aliphatic carbocycles. The zero-order valence-electron chi connectivity index (χ0n) is 76.4. The van der Waals surface area contributed by atoms with E-state index in [0.717, 1.165) is 126 Å². The van der Waals surface area contributed by atoms with Crippen molar-refractivity contribution >= 4 is 139 Å². The van der Waals surface area contributed by atoms with Crippen molar-refractivity contribution in [2.24, 2.45) is 0 Å². The molecule has 4 aromatic heterocycles. The molecule has 1 saturated heterocycles. The van der Waals surface area contributed by atoms with Crippen LogP contribution in [-0.4, -0.2) is 163 Å². The number of nitrogen functional groups attached to an aromatic ring is 4. The Hall–Kier alpha value is -11.4. The number of anilines is 4. The zero-order valence-corrected chi connectivity index (χ0v) is 82.4. The van der Waals surface area contributed by atoms with E-state index in [1.165, 1.54) is 71.7 Å². The van der Waals surface area contributed by atoms with Crippen LogP contribution in [0.25, 0.3) is 54.7 Å². The van der Waals surface area contributed by atoms with Crippen LogP contribution in [0.2, 0.25) is 40.2 Å². The number of rotatable bonds is 18. The van der Waals surface area contributed by atoms with Gasteiger partial charge in [-0.05, 0) is 248 Å². The molecule has 5 aliphatic rings. The normalized spacial score (nSPS) is 14.6. The summed E-state index contributed by atoms with van der Waals surface area (Å²) < 4.78 is 23.9. The van der Waals surface area contributed by atoms with Crippen LogP contribution in [-0.2, 0) is 65.1 Å². The van der Waals surface area contributed by atoms with Crippen LogP contribution in [0.4, 0.5) is 34.6 Å². The van der Waals surface area contributed by atoms with Gasteiger partial charge in [-0.15, -0.1) is 0 Å². The quantitative estimate of drug-likeness (QED) is 0.0580. The molecule has 134 heavy (non-hydrogen) atoms. The standard InChI is InChI=1S/C27H29Cl2N5O2.C26H29Cl2N5O2.C24H23Cl2N5O.C23H21Cl2N5O/c1-16-11-17(12-18-14-33(2)10-7-19(16)18)23-13-31-25(30)26(32-23)36-15-21-22(28)6-5-20(24(21)29)27(35)34-8-3-4-9-34;1-14-10-16(11-17-13-33(5)9-8-18(14)17)21-12-30-24(29)25(31-21)35-15(2)22-20(27)7-6-19(23(22)28)26(34)32(3)4;1-13-9-15(10-16-12-31(4)8-7-17(13)16)20-11-29-23(27)24(30-20)32-14(2)21-18(25)5-6-19(28-3)22(21)26;1-13-8-14(9-15-11-30(3)7-6-16(13)15)20-10-28-22(26)23(29-20)31-12-17-18(24)4-5-19(27-2)21(17)25/h5-6,11-13H,3-4,7-10,14-15H2,1-2H3,(H2,30,31);6-7,10-12,15H,8-9,13H2,1-5H3,(H2,29,30);5-6,9-11,14H,7-8,12H2,1-2,4H3,(H2,27,29);4-5,8-10H,6-7,11-12H2,1,3H3,(H2,26,28). The molecular weight excluding hydrogens is 1860 g/mol. The van der Waals surface area contributed by atoms with E-state index in [-0.39, 0.29) is 91.9 Å². The second kappa shape index (κ2) is 43.1. The topological polar surface area (TPSA) is 306 Å². The molecule has 26 nitrogen and oxygen atoms in total. The summed E-state index contributed by atoms with van der Waals surface area (Å²) in [5.41, 5.74) is 50.0. The summed E-state index contributed by atoms with van der Waals surface area (Å²) in [6.07, 6.45) is 11.6. The molecular formula is C100H102Cl8N20O6. The van der Waals surface area contributed by atoms with Crippen LogP contribution in [0.5, 0.6) is 23.5 Å². The van der Waals surface area contributed by atoms with E-state index in [4.69, 9.17) is 148 Å². The van der Waals surface area contributed by atoms with Crippen molar-refractivity contribution in [2.75, 3.05) is 104 Å². The van der Waals surface area contributed by atoms with Gasteiger partial charge in [0, 0.05) is 144 Å². The summed E-state index contributed by atoms with van der Waals surface area (Å²) in [7, 11) is 11.8. The van der Waals surface area contributed by atoms with Crippen molar-refractivity contribution < 1.29 is 28.5 Å². The third kappa shape index (κ3) is 22.4. The van der Waals surface area contributed by atoms with Gasteiger partial charge in [0.25, 0.3) is 35.3 Å². The SMILES string of the molecule is Cc1cc(-c2cnc(N)c(OC(C)c3c(Cl)ccc(C(=O)N(C)C)c3Cl)n2)cc2c1CCN(C)C2.Cc1cc(-c2cnc(N)c(OCc3c(Cl)ccc(C(=O)N4CCCC4)c3Cl)n2)cc2c1CCN(C)C2.[C-]#[N+]c1ccc(Cl)c(C(C)Oc2nc(-c3cc(C)c4c(c3)CN(C)CC4)cnc2N)c1Cl.[C-]#[N+]c1ccc(Cl)c(COc2nc(-c3cc(C)c4c(c3)CN(C)CC4)cnc2N)c1Cl. The highest BCUT2D eigenvalue weighted by atomic mass is 35.5. The number of carbonyl (C=O) groups excluding carboxylic acids is 2. The maximum atomic E-state index is 12.9. The van der Waals surface area contributed by atoms with Crippen LogP contribution in [0, 0.1) is 40.8 Å². The number of benzene rings is 8. The molecule has 2 amide bonds. The van der Waals surface area contributed by atoms with Gasteiger partial charge >= 0.3 is 0 Å². The minimum Gasteiger partial charge on any atom is -0.470 e. The van der Waals surface area contributed by atoms with Crippen molar-refractivity contribution in [1.29, 1.82) is 0 Å². The Morgan fingerprint density at radius 2 is 0.731 bits per heavy atom. The molecule has 8 aromatic carbocycles. The molecule has 0 spiro atoms. The van der Waals surface area contributed by atoms with E-state index in [1.807, 2.05) is 4.90 Å². The Balaban J connectivity index is 0.000000144. The molecule has 0 radical (unpaired) electrons. The Kier molecular flexibility index (Phi) is 31.7. The molecule has 12 aromatic rings. The number of amides is 2. The molecule has 2 unspecified atom stereocenters. The first-order valence-electron chi connectivity index (χ1n) is 43.5. The van der Waals surface area contributed by atoms with Crippen LogP contribution in [0.15, 0.2) is 122 Å². The number of hydrogen-bond acceptors (Lipinski definition) is 22. The Morgan fingerprint density at radius 1 is 0.418 bits per heavy atom. The van der Waals surface area contributed by atoms with Crippen LogP contribution >= 0.6 is 92.8 Å². The van der Waals surface area contributed by atoms with Crippen molar-refractivity contribution in [2.45, 2.75) is 132 Å². The molecule has 5 aliphatic heterocycles. The van der Waals surface area contributed by atoms with Crippen molar-refractivity contribution in [3.8, 4) is 68.5 Å². The third-order valence-corrected chi connectivity index (χ3v) is 27.5. The summed E-state index contributed by atoms with van der Waals surface area (Å²) in [5.74, 6) is 1.12. The van der Waals surface area contributed by atoms with E-state index >= 15 is 0 Å². The summed E-state index contributed by atoms with van der Waals surface area (Å²) in [6, 6.07) is 30.2. The second-order valence-corrected chi connectivity index (χ2v) is 37.5. The highest BCUT2D eigenvalue weighted by Crippen LogP contribution is 2.44. The average molecular weight is 1960 g/mol. The van der Waals surface area contributed by atoms with Gasteiger partial charge in [0.15, 0.2) is 23.3 Å². The summed E-state index contributed by atoms with van der Waals surface area (Å²) in [5, 5.41) is 2.67. The van der Waals surface area contributed by atoms with Crippen LogP contribution in [0.1, 0.15) is 149 Å². The lowest BCUT2D eigenvalue weighted by molar-refractivity contribution is 0.0791. The zero-order chi connectivity index (χ0) is 95.9. The molecule has 8 N–H and O–H groups in total. The number of aryl methyl sites for hydroxylation is 4. The minimum absolute atomic E-state index is 0.00906. The number of fused-ring (bicyclic) bond motifs is 4. The Labute approximate surface area is 820 Å². The van der Waals surface area contributed by atoms with Gasteiger partial charge in [-0.2, -0.15) is 0 Å². The Morgan fingerprint density at radius 3 is 1.10 bits per heavy atom. The third-order valence-electron chi connectivity index (χ3n) is 24.4. The van der Waals surface area contributed by atoms with Crippen molar-refractivity contribution in [3.05, 3.63) is 285 Å². The van der Waals surface area contributed by atoms with E-state index in [1.54, 1.807) is 101 Å². The maximum absolute atomic E-state index is 12.9. The van der Waals surface area contributed by atoms with Crippen LogP contribution in [0.3, 0.4) is 0 Å². The van der Waals surface area contributed by atoms with Gasteiger partial charge in [0.05, 0.1) is 91.9 Å². The largest absolute Gasteiger partial charge is 0.470 e. The van der Waals surface area contributed by atoms with E-state index < -0.39 is 12.2 Å². The maximum Gasteiger partial charge on any atom is 0.258 e. The first kappa shape index (κ1) is 98.6. The number of halogens is 8. The highest BCUT2D eigenvalue weighted by Gasteiger charge is 2.31. The fourth-order valence-electron chi connectivity index (χ4n) is 17.2. The van der Waals surface area contributed by atoms with Gasteiger partial charge in [-0.25, -0.2) is 49.6 Å². The van der Waals surface area contributed by atoms with Gasteiger partial charge in [-0.1, -0.05) is 117 Å². The fraction of sp³-hybridized carbons (Fsp3) is 0.320. The number of nitrogens with two attached hydrogens (primary N) is 4. The lowest BCUT2D eigenvalue weighted by Gasteiger charge is -2.27. The van der Waals surface area contributed by atoms with E-state index in [2.05, 4.69) is 174 Å². The molecule has 1 fully saturated rings. The molecule has 0 saturated carbocycles. The molecule has 0 bridgehead atoms. The molecule has 9 heterocycles. The van der Waals surface area contributed by atoms with Gasteiger partial charge in [0.1, 0.15) is 25.4 Å². The number of hydrogen-bond donors (Lipinski definition) is 4. The number of likely N-dealkylation sites (tertiary alicyclic amines) is 1.